The summed E-state index contributed by atoms with van der Waals surface area (Å²) in [5.41, 5.74) is 0. The van der Waals surface area contributed by atoms with Crippen molar-refractivity contribution >= 4 is 6.29 Å². The summed E-state index contributed by atoms with van der Waals surface area (Å²) in [4.78, 5) is 9.97. The number of hydrogen-bond donors (Lipinski definition) is 0. The molecule has 1 unspecified atom stereocenters. The van der Waals surface area contributed by atoms with Crippen LogP contribution in [0.4, 0.5) is 0 Å². The highest BCUT2D eigenvalue weighted by Crippen LogP contribution is 2.14. The lowest BCUT2D eigenvalue weighted by Gasteiger charge is -2.22. The molecule has 0 N–H and O–H groups in total. The molecular formula is C12H20O3. The highest BCUT2D eigenvalue weighted by molar-refractivity contribution is 5.64. The molecule has 0 spiro atoms. The van der Waals surface area contributed by atoms with Crippen LogP contribution in [0.5, 0.6) is 0 Å². The quantitative estimate of drug-likeness (QED) is 0.369. The monoisotopic (exact) mass is 212 g/mol. The van der Waals surface area contributed by atoms with Crippen LogP contribution in [-0.4, -0.2) is 25.8 Å². The predicted molar refractivity (Wildman–Crippen MR) is 58.6 cm³/mol. The molecule has 1 aliphatic rings. The van der Waals surface area contributed by atoms with Crippen molar-refractivity contribution in [1.82, 2.24) is 0 Å². The van der Waals surface area contributed by atoms with Gasteiger partial charge in [0.1, 0.15) is 6.29 Å². The van der Waals surface area contributed by atoms with Gasteiger partial charge in [0.25, 0.3) is 0 Å². The first-order valence-corrected chi connectivity index (χ1v) is 5.77. The van der Waals surface area contributed by atoms with Crippen LogP contribution >= 0.6 is 0 Å². The standard InChI is InChI=1S/C12H20O3/c13-9-5-2-1-3-6-10-14-12-8-4-7-11-15-12/h2,5,9,12H,1,3-4,6-8,10-11H2/b5-2+. The maximum Gasteiger partial charge on any atom is 0.157 e. The Hall–Kier alpha value is -0.670. The van der Waals surface area contributed by atoms with Gasteiger partial charge in [0, 0.05) is 13.2 Å². The first kappa shape index (κ1) is 12.4. The molecule has 1 atom stereocenters. The van der Waals surface area contributed by atoms with E-state index in [4.69, 9.17) is 9.47 Å². The summed E-state index contributed by atoms with van der Waals surface area (Å²) in [6, 6.07) is 0. The Kier molecular flexibility index (Phi) is 7.13. The fourth-order valence-corrected chi connectivity index (χ4v) is 1.57. The van der Waals surface area contributed by atoms with Crippen LogP contribution in [0.1, 0.15) is 38.5 Å². The van der Waals surface area contributed by atoms with Crippen molar-refractivity contribution in [1.29, 1.82) is 0 Å². The number of allylic oxidation sites excluding steroid dienone is 2. The third-order valence-corrected chi connectivity index (χ3v) is 2.42. The normalized spacial score (nSPS) is 22.0. The molecule has 15 heavy (non-hydrogen) atoms. The Labute approximate surface area is 91.4 Å². The van der Waals surface area contributed by atoms with E-state index < -0.39 is 0 Å². The molecule has 1 aliphatic heterocycles. The Morgan fingerprint density at radius 1 is 1.33 bits per heavy atom. The molecule has 0 saturated carbocycles. The Morgan fingerprint density at radius 3 is 3.00 bits per heavy atom. The molecule has 0 radical (unpaired) electrons. The van der Waals surface area contributed by atoms with Crippen LogP contribution in [0.2, 0.25) is 0 Å². The average Bonchev–Trinajstić information content (AvgIpc) is 2.29. The molecule has 0 aromatic rings. The van der Waals surface area contributed by atoms with Crippen LogP contribution in [-0.2, 0) is 14.3 Å². The molecule has 0 aromatic carbocycles. The summed E-state index contributed by atoms with van der Waals surface area (Å²) < 4.78 is 11.0. The lowest BCUT2D eigenvalue weighted by atomic mass is 10.2. The van der Waals surface area contributed by atoms with Gasteiger partial charge < -0.3 is 9.47 Å². The van der Waals surface area contributed by atoms with Crippen molar-refractivity contribution in [3.8, 4) is 0 Å². The number of rotatable bonds is 7. The van der Waals surface area contributed by atoms with Crippen molar-refractivity contribution in [3.05, 3.63) is 12.2 Å². The molecule has 0 aromatic heterocycles. The maximum absolute atomic E-state index is 9.97. The minimum absolute atomic E-state index is 0.0317. The molecule has 86 valence electrons. The van der Waals surface area contributed by atoms with E-state index in [-0.39, 0.29) is 6.29 Å². The van der Waals surface area contributed by atoms with Crippen LogP contribution < -0.4 is 0 Å². The lowest BCUT2D eigenvalue weighted by Crippen LogP contribution is -2.22. The summed E-state index contributed by atoms with van der Waals surface area (Å²) in [5, 5.41) is 0. The third-order valence-electron chi connectivity index (χ3n) is 2.42. The molecule has 1 fully saturated rings. The second-order valence-corrected chi connectivity index (χ2v) is 3.73. The maximum atomic E-state index is 9.97. The highest BCUT2D eigenvalue weighted by atomic mass is 16.7. The van der Waals surface area contributed by atoms with Crippen LogP contribution in [0.25, 0.3) is 0 Å². The van der Waals surface area contributed by atoms with Crippen LogP contribution in [0, 0.1) is 0 Å². The first-order valence-electron chi connectivity index (χ1n) is 5.77. The molecule has 3 heteroatoms. The Bertz CT molecular complexity index is 183. The minimum atomic E-state index is 0.0317. The van der Waals surface area contributed by atoms with Gasteiger partial charge in [0.2, 0.25) is 0 Å². The van der Waals surface area contributed by atoms with E-state index in [1.807, 2.05) is 6.08 Å². The summed E-state index contributed by atoms with van der Waals surface area (Å²) in [5.74, 6) is 0. The smallest absolute Gasteiger partial charge is 0.157 e. The van der Waals surface area contributed by atoms with E-state index in [0.717, 1.165) is 51.6 Å². The van der Waals surface area contributed by atoms with E-state index >= 15 is 0 Å². The molecule has 0 bridgehead atoms. The molecule has 3 nitrogen and oxygen atoms in total. The molecular weight excluding hydrogens is 192 g/mol. The first-order chi connectivity index (χ1) is 7.43. The Balaban J connectivity index is 1.87. The lowest BCUT2D eigenvalue weighted by molar-refractivity contribution is -0.162. The fourth-order valence-electron chi connectivity index (χ4n) is 1.57. The van der Waals surface area contributed by atoms with Gasteiger partial charge in [-0.25, -0.2) is 0 Å². The summed E-state index contributed by atoms with van der Waals surface area (Å²) in [7, 11) is 0. The minimum Gasteiger partial charge on any atom is -0.353 e. The summed E-state index contributed by atoms with van der Waals surface area (Å²) in [6.45, 7) is 1.60. The van der Waals surface area contributed by atoms with Gasteiger partial charge in [-0.2, -0.15) is 0 Å². The summed E-state index contributed by atoms with van der Waals surface area (Å²) >= 11 is 0. The highest BCUT2D eigenvalue weighted by Gasteiger charge is 2.12. The molecule has 0 aliphatic carbocycles. The SMILES string of the molecule is O=C/C=C/CCCCOC1CCCCO1. The Morgan fingerprint density at radius 2 is 2.27 bits per heavy atom. The molecule has 1 heterocycles. The number of carbonyl (C=O) groups excluding carboxylic acids is 1. The number of ether oxygens (including phenoxy) is 2. The van der Waals surface area contributed by atoms with E-state index in [1.165, 1.54) is 6.42 Å². The van der Waals surface area contributed by atoms with Gasteiger partial charge in [-0.3, -0.25) is 4.79 Å². The van der Waals surface area contributed by atoms with Gasteiger partial charge in [0.05, 0.1) is 0 Å². The van der Waals surface area contributed by atoms with Gasteiger partial charge in [-0.1, -0.05) is 6.08 Å². The van der Waals surface area contributed by atoms with Gasteiger partial charge in [0.15, 0.2) is 6.29 Å². The number of unbranched alkanes of at least 4 members (excludes halogenated alkanes) is 2. The number of carbonyl (C=O) groups is 1. The molecule has 1 rings (SSSR count). The second-order valence-electron chi connectivity index (χ2n) is 3.73. The molecule has 1 saturated heterocycles. The van der Waals surface area contributed by atoms with Crippen molar-refractivity contribution in [2.45, 2.75) is 44.8 Å². The average molecular weight is 212 g/mol. The third kappa shape index (κ3) is 6.42. The number of aldehydes is 1. The molecule has 0 amide bonds. The van der Waals surface area contributed by atoms with Gasteiger partial charge in [-0.05, 0) is 44.6 Å². The van der Waals surface area contributed by atoms with Crippen molar-refractivity contribution in [2.24, 2.45) is 0 Å². The fraction of sp³-hybridized carbons (Fsp3) is 0.750. The second kappa shape index (κ2) is 8.62. The zero-order valence-electron chi connectivity index (χ0n) is 9.19. The topological polar surface area (TPSA) is 35.5 Å². The van der Waals surface area contributed by atoms with Crippen LogP contribution in [0.15, 0.2) is 12.2 Å². The van der Waals surface area contributed by atoms with E-state index in [9.17, 15) is 4.79 Å². The van der Waals surface area contributed by atoms with Crippen molar-refractivity contribution < 1.29 is 14.3 Å². The van der Waals surface area contributed by atoms with Crippen molar-refractivity contribution in [2.75, 3.05) is 13.2 Å². The largest absolute Gasteiger partial charge is 0.353 e. The zero-order valence-corrected chi connectivity index (χ0v) is 9.19. The van der Waals surface area contributed by atoms with Gasteiger partial charge >= 0.3 is 0 Å². The summed E-state index contributed by atoms with van der Waals surface area (Å²) in [6.07, 6.45) is 10.7. The van der Waals surface area contributed by atoms with Crippen molar-refractivity contribution in [3.63, 3.8) is 0 Å². The van der Waals surface area contributed by atoms with E-state index in [2.05, 4.69) is 0 Å². The zero-order chi connectivity index (χ0) is 10.8. The van der Waals surface area contributed by atoms with Gasteiger partial charge in [-0.15, -0.1) is 0 Å². The van der Waals surface area contributed by atoms with E-state index in [0.29, 0.717) is 0 Å². The van der Waals surface area contributed by atoms with Crippen LogP contribution in [0.3, 0.4) is 0 Å². The van der Waals surface area contributed by atoms with E-state index in [1.54, 1.807) is 6.08 Å². The number of hydrogen-bond acceptors (Lipinski definition) is 3. The predicted octanol–water partition coefficient (Wildman–Crippen LogP) is 2.46.